The number of hydrogen-bond acceptors (Lipinski definition) is 5. The molecule has 3 rings (SSSR count). The van der Waals surface area contributed by atoms with E-state index in [4.69, 9.17) is 4.74 Å². The highest BCUT2D eigenvalue weighted by Crippen LogP contribution is 2.35. The van der Waals surface area contributed by atoms with Crippen molar-refractivity contribution in [2.45, 2.75) is 39.2 Å². The largest absolute Gasteiger partial charge is 0.444 e. The van der Waals surface area contributed by atoms with Crippen LogP contribution in [0, 0.1) is 6.92 Å². The van der Waals surface area contributed by atoms with Crippen LogP contribution in [0.2, 0.25) is 0 Å². The van der Waals surface area contributed by atoms with Gasteiger partial charge in [-0.25, -0.2) is 14.8 Å². The first-order valence-corrected chi connectivity index (χ1v) is 9.58. The average molecular weight is 404 g/mol. The quantitative estimate of drug-likeness (QED) is 0.774. The molecule has 8 heteroatoms. The molecule has 156 valence electrons. The molecule has 29 heavy (non-hydrogen) atoms. The van der Waals surface area contributed by atoms with Gasteiger partial charge < -0.3 is 14.5 Å². The van der Waals surface area contributed by atoms with Gasteiger partial charge in [-0.15, -0.1) is 0 Å². The lowest BCUT2D eigenvalue weighted by atomic mass is 10.1. The molecule has 0 aliphatic carbocycles. The van der Waals surface area contributed by atoms with Gasteiger partial charge in [-0.1, -0.05) is 30.3 Å². The molecule has 2 aromatic rings. The number of hydrogen-bond donors (Lipinski definition) is 0. The van der Waals surface area contributed by atoms with Crippen molar-refractivity contribution < 1.29 is 18.3 Å². The zero-order chi connectivity index (χ0) is 21.2. The number of amides is 1. The van der Waals surface area contributed by atoms with Crippen LogP contribution in [0.5, 0.6) is 0 Å². The molecular formula is C21H26F2N4O2. The van der Waals surface area contributed by atoms with Gasteiger partial charge in [0.2, 0.25) is 0 Å². The molecular weight excluding hydrogens is 378 g/mol. The Morgan fingerprint density at radius 2 is 1.66 bits per heavy atom. The van der Waals surface area contributed by atoms with Crippen molar-refractivity contribution in [1.82, 2.24) is 14.9 Å². The SMILES string of the molecule is Cc1nc(N2CCN(C(=O)OC(C)(C)C)CC2)cc(C(F)(F)c2ccccc2)n1. The van der Waals surface area contributed by atoms with Crippen LogP contribution < -0.4 is 4.90 Å². The van der Waals surface area contributed by atoms with E-state index in [0.717, 1.165) is 0 Å². The molecule has 0 saturated carbocycles. The number of aromatic nitrogens is 2. The summed E-state index contributed by atoms with van der Waals surface area (Å²) in [4.78, 5) is 24.1. The third-order valence-electron chi connectivity index (χ3n) is 4.54. The van der Waals surface area contributed by atoms with Crippen LogP contribution in [-0.2, 0) is 10.7 Å². The summed E-state index contributed by atoms with van der Waals surface area (Å²) in [6, 6.07) is 8.96. The van der Waals surface area contributed by atoms with Gasteiger partial charge in [-0.05, 0) is 27.7 Å². The third-order valence-corrected chi connectivity index (χ3v) is 4.54. The minimum absolute atomic E-state index is 0.112. The lowest BCUT2D eigenvalue weighted by molar-refractivity contribution is 0.0240. The van der Waals surface area contributed by atoms with Crippen molar-refractivity contribution in [1.29, 1.82) is 0 Å². The number of nitrogens with zero attached hydrogens (tertiary/aromatic N) is 4. The Morgan fingerprint density at radius 3 is 2.24 bits per heavy atom. The van der Waals surface area contributed by atoms with Gasteiger partial charge in [-0.3, -0.25) is 0 Å². The Balaban J connectivity index is 1.75. The van der Waals surface area contributed by atoms with Gasteiger partial charge >= 0.3 is 12.0 Å². The maximum absolute atomic E-state index is 15.0. The summed E-state index contributed by atoms with van der Waals surface area (Å²) in [5.41, 5.74) is -1.00. The number of halogens is 2. The van der Waals surface area contributed by atoms with E-state index in [-0.39, 0.29) is 23.2 Å². The number of anilines is 1. The van der Waals surface area contributed by atoms with Gasteiger partial charge in [0.15, 0.2) is 0 Å². The predicted octanol–water partition coefficient (Wildman–Crippen LogP) is 3.98. The van der Waals surface area contributed by atoms with Crippen molar-refractivity contribution in [2.24, 2.45) is 0 Å². The number of piperazine rings is 1. The molecule has 1 aromatic heterocycles. The molecule has 1 aliphatic heterocycles. The van der Waals surface area contributed by atoms with E-state index in [1.54, 1.807) is 30.0 Å². The molecule has 1 amide bonds. The number of alkyl halides is 2. The summed E-state index contributed by atoms with van der Waals surface area (Å²) in [6.07, 6.45) is -0.368. The molecule has 0 bridgehead atoms. The zero-order valence-electron chi connectivity index (χ0n) is 17.2. The number of rotatable bonds is 3. The van der Waals surface area contributed by atoms with E-state index < -0.39 is 11.5 Å². The van der Waals surface area contributed by atoms with E-state index in [0.29, 0.717) is 32.0 Å². The predicted molar refractivity (Wildman–Crippen MR) is 106 cm³/mol. The Hall–Kier alpha value is -2.77. The van der Waals surface area contributed by atoms with Crippen LogP contribution in [0.4, 0.5) is 19.4 Å². The molecule has 0 unspecified atom stereocenters. The van der Waals surface area contributed by atoms with Crippen LogP contribution in [0.1, 0.15) is 37.9 Å². The fraction of sp³-hybridized carbons (Fsp3) is 0.476. The van der Waals surface area contributed by atoms with E-state index in [2.05, 4.69) is 9.97 Å². The molecule has 6 nitrogen and oxygen atoms in total. The van der Waals surface area contributed by atoms with E-state index in [9.17, 15) is 13.6 Å². The molecule has 0 spiro atoms. The minimum Gasteiger partial charge on any atom is -0.444 e. The Labute approximate surface area is 169 Å². The van der Waals surface area contributed by atoms with E-state index >= 15 is 0 Å². The molecule has 1 aliphatic rings. The van der Waals surface area contributed by atoms with Gasteiger partial charge in [0.25, 0.3) is 0 Å². The van der Waals surface area contributed by atoms with Crippen LogP contribution in [-0.4, -0.2) is 52.7 Å². The first-order chi connectivity index (χ1) is 13.6. The second-order valence-corrected chi connectivity index (χ2v) is 8.05. The summed E-state index contributed by atoms with van der Waals surface area (Å²) < 4.78 is 35.3. The number of carbonyl (C=O) groups excluding carboxylic acids is 1. The fourth-order valence-corrected chi connectivity index (χ4v) is 3.11. The van der Waals surface area contributed by atoms with Crippen LogP contribution in [0.3, 0.4) is 0 Å². The third kappa shape index (κ3) is 4.99. The Kier molecular flexibility index (Phi) is 5.73. The van der Waals surface area contributed by atoms with Gasteiger partial charge in [0.1, 0.15) is 22.9 Å². The average Bonchev–Trinajstić information content (AvgIpc) is 2.67. The Bertz CT molecular complexity index is 861. The number of carbonyl (C=O) groups is 1. The summed E-state index contributed by atoms with van der Waals surface area (Å²) in [5.74, 6) is -2.50. The second-order valence-electron chi connectivity index (χ2n) is 8.05. The molecule has 0 radical (unpaired) electrons. The minimum atomic E-state index is -3.22. The second kappa shape index (κ2) is 7.93. The van der Waals surface area contributed by atoms with Crippen molar-refractivity contribution in [3.8, 4) is 0 Å². The number of aryl methyl sites for hydroxylation is 1. The van der Waals surface area contributed by atoms with Crippen molar-refractivity contribution in [3.63, 3.8) is 0 Å². The fourth-order valence-electron chi connectivity index (χ4n) is 3.11. The van der Waals surface area contributed by atoms with Gasteiger partial charge in [0.05, 0.1) is 0 Å². The Morgan fingerprint density at radius 1 is 1.03 bits per heavy atom. The monoisotopic (exact) mass is 404 g/mol. The number of ether oxygens (including phenoxy) is 1. The van der Waals surface area contributed by atoms with E-state index in [1.807, 2.05) is 25.7 Å². The standard InChI is InChI=1S/C21H26F2N4O2/c1-15-24-17(21(22,23)16-8-6-5-7-9-16)14-18(25-15)26-10-12-27(13-11-26)19(28)29-20(2,3)4/h5-9,14H,10-13H2,1-4H3. The molecule has 0 atom stereocenters. The highest BCUT2D eigenvalue weighted by atomic mass is 19.3. The molecule has 2 heterocycles. The highest BCUT2D eigenvalue weighted by molar-refractivity contribution is 5.68. The van der Waals surface area contributed by atoms with Crippen molar-refractivity contribution in [2.75, 3.05) is 31.1 Å². The highest BCUT2D eigenvalue weighted by Gasteiger charge is 2.37. The lowest BCUT2D eigenvalue weighted by Gasteiger charge is -2.36. The molecule has 1 fully saturated rings. The smallest absolute Gasteiger partial charge is 0.410 e. The molecule has 0 N–H and O–H groups in total. The van der Waals surface area contributed by atoms with Crippen LogP contribution in [0.25, 0.3) is 0 Å². The maximum Gasteiger partial charge on any atom is 0.410 e. The summed E-state index contributed by atoms with van der Waals surface area (Å²) in [6.45, 7) is 8.88. The molecule has 1 saturated heterocycles. The normalized spacial score (nSPS) is 15.4. The molecule has 1 aromatic carbocycles. The van der Waals surface area contributed by atoms with Crippen molar-refractivity contribution in [3.05, 3.63) is 53.5 Å². The first kappa shape index (κ1) is 21.0. The first-order valence-electron chi connectivity index (χ1n) is 9.58. The number of benzene rings is 1. The summed E-state index contributed by atoms with van der Waals surface area (Å²) in [7, 11) is 0. The summed E-state index contributed by atoms with van der Waals surface area (Å²) in [5, 5.41) is 0. The maximum atomic E-state index is 15.0. The lowest BCUT2D eigenvalue weighted by Crippen LogP contribution is -2.50. The van der Waals surface area contributed by atoms with Crippen LogP contribution >= 0.6 is 0 Å². The van der Waals surface area contributed by atoms with Crippen molar-refractivity contribution >= 4 is 11.9 Å². The summed E-state index contributed by atoms with van der Waals surface area (Å²) >= 11 is 0. The van der Waals surface area contributed by atoms with Crippen LogP contribution in [0.15, 0.2) is 36.4 Å². The zero-order valence-corrected chi connectivity index (χ0v) is 17.2. The topological polar surface area (TPSA) is 58.6 Å². The van der Waals surface area contributed by atoms with Gasteiger partial charge in [0, 0.05) is 37.8 Å². The van der Waals surface area contributed by atoms with Gasteiger partial charge in [-0.2, -0.15) is 8.78 Å². The van der Waals surface area contributed by atoms with E-state index in [1.165, 1.54) is 18.2 Å².